The van der Waals surface area contributed by atoms with E-state index in [0.717, 1.165) is 18.4 Å². The van der Waals surface area contributed by atoms with Gasteiger partial charge in [0, 0.05) is 37.9 Å². The number of carbonyl (C=O) groups excluding carboxylic acids is 2. The van der Waals surface area contributed by atoms with Gasteiger partial charge in [-0.3, -0.25) is 15.0 Å². The van der Waals surface area contributed by atoms with Crippen molar-refractivity contribution >= 4 is 11.9 Å². The number of amides is 1. The van der Waals surface area contributed by atoms with Crippen LogP contribution in [0.25, 0.3) is 0 Å². The maximum absolute atomic E-state index is 13.2. The van der Waals surface area contributed by atoms with Gasteiger partial charge in [0.05, 0.1) is 13.2 Å². The summed E-state index contributed by atoms with van der Waals surface area (Å²) in [6, 6.07) is 6.54. The summed E-state index contributed by atoms with van der Waals surface area (Å²) in [6.07, 6.45) is 2.53. The molecule has 0 spiro atoms. The number of benzene rings is 1. The van der Waals surface area contributed by atoms with Crippen molar-refractivity contribution in [3.63, 3.8) is 0 Å². The van der Waals surface area contributed by atoms with E-state index >= 15 is 0 Å². The standard InChI is InChI=1S/C20H28FN3O3/c1-13-17(20(23-22-13)15-3-5-16(21)6-4-15)12-18(25)24-9-7-14(8-10-24)11-19(26)27-2/h3-6,13-14,17,20,22-23H,7-12H2,1-2H3. The van der Waals surface area contributed by atoms with Gasteiger partial charge in [-0.05, 0) is 43.4 Å². The van der Waals surface area contributed by atoms with E-state index < -0.39 is 0 Å². The molecule has 0 bridgehead atoms. The fraction of sp³-hybridized carbons (Fsp3) is 0.600. The van der Waals surface area contributed by atoms with Gasteiger partial charge in [-0.15, -0.1) is 0 Å². The number of ether oxygens (including phenoxy) is 1. The highest BCUT2D eigenvalue weighted by molar-refractivity contribution is 5.77. The molecule has 0 radical (unpaired) electrons. The number of rotatable bonds is 5. The molecule has 2 saturated heterocycles. The summed E-state index contributed by atoms with van der Waals surface area (Å²) in [6.45, 7) is 3.42. The summed E-state index contributed by atoms with van der Waals surface area (Å²) in [7, 11) is 1.41. The highest BCUT2D eigenvalue weighted by atomic mass is 19.1. The predicted octanol–water partition coefficient (Wildman–Crippen LogP) is 2.17. The fourth-order valence-corrected chi connectivity index (χ4v) is 4.06. The number of carbonyl (C=O) groups is 2. The molecular formula is C20H28FN3O3. The molecule has 2 aliphatic rings. The van der Waals surface area contributed by atoms with Gasteiger partial charge >= 0.3 is 5.97 Å². The minimum Gasteiger partial charge on any atom is -0.469 e. The maximum atomic E-state index is 13.2. The first kappa shape index (κ1) is 19.8. The predicted molar refractivity (Wildman–Crippen MR) is 98.9 cm³/mol. The zero-order valence-corrected chi connectivity index (χ0v) is 15.9. The summed E-state index contributed by atoms with van der Waals surface area (Å²) in [5, 5.41) is 0. The van der Waals surface area contributed by atoms with E-state index in [1.54, 1.807) is 12.1 Å². The second kappa shape index (κ2) is 8.80. The first-order valence-corrected chi connectivity index (χ1v) is 9.59. The van der Waals surface area contributed by atoms with Gasteiger partial charge in [-0.2, -0.15) is 0 Å². The molecule has 1 aromatic rings. The van der Waals surface area contributed by atoms with Crippen molar-refractivity contribution in [2.45, 2.75) is 44.7 Å². The van der Waals surface area contributed by atoms with E-state index in [-0.39, 0.29) is 35.7 Å². The molecule has 0 aromatic heterocycles. The first-order valence-electron chi connectivity index (χ1n) is 9.59. The van der Waals surface area contributed by atoms with Gasteiger partial charge in [0.15, 0.2) is 0 Å². The molecule has 3 unspecified atom stereocenters. The van der Waals surface area contributed by atoms with Crippen LogP contribution in [0.5, 0.6) is 0 Å². The summed E-state index contributed by atoms with van der Waals surface area (Å²) >= 11 is 0. The smallest absolute Gasteiger partial charge is 0.305 e. The monoisotopic (exact) mass is 377 g/mol. The third kappa shape index (κ3) is 4.84. The van der Waals surface area contributed by atoms with Crippen molar-refractivity contribution in [2.24, 2.45) is 11.8 Å². The minimum atomic E-state index is -0.264. The van der Waals surface area contributed by atoms with E-state index in [4.69, 9.17) is 4.74 Å². The number of halogens is 1. The van der Waals surface area contributed by atoms with Crippen LogP contribution in [-0.4, -0.2) is 43.0 Å². The van der Waals surface area contributed by atoms with Gasteiger partial charge in [0.2, 0.25) is 5.91 Å². The molecule has 0 aliphatic carbocycles. The Morgan fingerprint density at radius 3 is 2.44 bits per heavy atom. The molecule has 1 amide bonds. The Kier molecular flexibility index (Phi) is 6.44. The molecule has 148 valence electrons. The lowest BCUT2D eigenvalue weighted by molar-refractivity contribution is -0.142. The lowest BCUT2D eigenvalue weighted by atomic mass is 9.86. The van der Waals surface area contributed by atoms with E-state index in [9.17, 15) is 14.0 Å². The first-order chi connectivity index (χ1) is 13.0. The lowest BCUT2D eigenvalue weighted by Gasteiger charge is -2.33. The number of nitrogens with zero attached hydrogens (tertiary/aromatic N) is 1. The number of hydrazine groups is 1. The van der Waals surface area contributed by atoms with E-state index in [1.807, 2.05) is 4.90 Å². The zero-order valence-electron chi connectivity index (χ0n) is 15.9. The SMILES string of the molecule is COC(=O)CC1CCN(C(=O)CC2C(C)NNC2c2ccc(F)cc2)CC1. The quantitative estimate of drug-likeness (QED) is 0.770. The summed E-state index contributed by atoms with van der Waals surface area (Å²) in [4.78, 5) is 26.2. The van der Waals surface area contributed by atoms with Crippen molar-refractivity contribution in [1.29, 1.82) is 0 Å². The normalized spacial score (nSPS) is 26.2. The highest BCUT2D eigenvalue weighted by Gasteiger charge is 2.37. The third-order valence-corrected chi connectivity index (χ3v) is 5.83. The Balaban J connectivity index is 1.56. The van der Waals surface area contributed by atoms with Crippen LogP contribution in [0.4, 0.5) is 4.39 Å². The summed E-state index contributed by atoms with van der Waals surface area (Å²) in [5.74, 6) is 0.0815. The fourth-order valence-electron chi connectivity index (χ4n) is 4.06. The Labute approximate surface area is 159 Å². The van der Waals surface area contributed by atoms with Gasteiger partial charge in [0.1, 0.15) is 5.82 Å². The van der Waals surface area contributed by atoms with Crippen molar-refractivity contribution in [2.75, 3.05) is 20.2 Å². The van der Waals surface area contributed by atoms with Crippen molar-refractivity contribution in [1.82, 2.24) is 15.8 Å². The molecule has 1 aromatic carbocycles. The molecule has 2 heterocycles. The molecule has 2 fully saturated rings. The number of hydrogen-bond acceptors (Lipinski definition) is 5. The molecule has 3 rings (SSSR count). The van der Waals surface area contributed by atoms with Crippen molar-refractivity contribution in [3.8, 4) is 0 Å². The lowest BCUT2D eigenvalue weighted by Crippen LogP contribution is -2.40. The van der Waals surface area contributed by atoms with Crippen molar-refractivity contribution < 1.29 is 18.7 Å². The minimum absolute atomic E-state index is 0.0265. The topological polar surface area (TPSA) is 70.7 Å². The second-order valence-corrected chi connectivity index (χ2v) is 7.58. The van der Waals surface area contributed by atoms with Crippen LogP contribution in [0, 0.1) is 17.7 Å². The van der Waals surface area contributed by atoms with Crippen LogP contribution in [0.3, 0.4) is 0 Å². The largest absolute Gasteiger partial charge is 0.469 e. The molecular weight excluding hydrogens is 349 g/mol. The van der Waals surface area contributed by atoms with Crippen LogP contribution in [-0.2, 0) is 14.3 Å². The second-order valence-electron chi connectivity index (χ2n) is 7.58. The van der Waals surface area contributed by atoms with Gasteiger partial charge in [-0.25, -0.2) is 9.82 Å². The molecule has 27 heavy (non-hydrogen) atoms. The van der Waals surface area contributed by atoms with Crippen LogP contribution < -0.4 is 10.9 Å². The number of methoxy groups -OCH3 is 1. The molecule has 7 heteroatoms. The van der Waals surface area contributed by atoms with Crippen LogP contribution in [0.2, 0.25) is 0 Å². The number of nitrogens with one attached hydrogen (secondary N) is 2. The van der Waals surface area contributed by atoms with Crippen LogP contribution in [0.15, 0.2) is 24.3 Å². The maximum Gasteiger partial charge on any atom is 0.305 e. The number of esters is 1. The number of hydrogen-bond donors (Lipinski definition) is 2. The summed E-state index contributed by atoms with van der Waals surface area (Å²) < 4.78 is 17.9. The van der Waals surface area contributed by atoms with E-state index in [1.165, 1.54) is 19.2 Å². The van der Waals surface area contributed by atoms with Crippen molar-refractivity contribution in [3.05, 3.63) is 35.6 Å². The number of likely N-dealkylation sites (tertiary alicyclic amines) is 1. The zero-order chi connectivity index (χ0) is 19.4. The Bertz CT molecular complexity index is 659. The van der Waals surface area contributed by atoms with Gasteiger partial charge < -0.3 is 9.64 Å². The molecule has 0 saturated carbocycles. The number of piperidine rings is 1. The summed E-state index contributed by atoms with van der Waals surface area (Å²) in [5.41, 5.74) is 7.43. The molecule has 3 atom stereocenters. The molecule has 6 nitrogen and oxygen atoms in total. The average molecular weight is 377 g/mol. The van der Waals surface area contributed by atoms with Crippen LogP contribution >= 0.6 is 0 Å². The van der Waals surface area contributed by atoms with E-state index in [2.05, 4.69) is 17.8 Å². The molecule has 2 aliphatic heterocycles. The average Bonchev–Trinajstić information content (AvgIpc) is 3.03. The highest BCUT2D eigenvalue weighted by Crippen LogP contribution is 2.32. The third-order valence-electron chi connectivity index (χ3n) is 5.83. The molecule has 2 N–H and O–H groups in total. The van der Waals surface area contributed by atoms with Gasteiger partial charge in [0.25, 0.3) is 0 Å². The Hall–Kier alpha value is -1.99. The van der Waals surface area contributed by atoms with E-state index in [0.29, 0.717) is 31.8 Å². The van der Waals surface area contributed by atoms with Gasteiger partial charge in [-0.1, -0.05) is 12.1 Å². The Morgan fingerprint density at radius 2 is 1.81 bits per heavy atom. The Morgan fingerprint density at radius 1 is 1.15 bits per heavy atom. The van der Waals surface area contributed by atoms with Crippen LogP contribution in [0.1, 0.15) is 44.2 Å².